The van der Waals surface area contributed by atoms with Crippen molar-refractivity contribution in [1.29, 1.82) is 0 Å². The average molecular weight is 523 g/mol. The van der Waals surface area contributed by atoms with Gasteiger partial charge in [-0.25, -0.2) is 9.79 Å². The molecule has 0 spiro atoms. The summed E-state index contributed by atoms with van der Waals surface area (Å²) in [5.41, 5.74) is 1.44. The van der Waals surface area contributed by atoms with Crippen molar-refractivity contribution in [2.24, 2.45) is 4.99 Å². The number of benzene rings is 2. The summed E-state index contributed by atoms with van der Waals surface area (Å²) in [5, 5.41) is 0. The van der Waals surface area contributed by atoms with Crippen LogP contribution < -0.4 is 29.1 Å². The number of para-hydroxylation sites is 1. The molecule has 0 N–H and O–H groups in total. The molecule has 0 bridgehead atoms. The van der Waals surface area contributed by atoms with Crippen molar-refractivity contribution >= 4 is 23.4 Å². The Kier molecular flexibility index (Phi) is 8.13. The fourth-order valence-corrected chi connectivity index (χ4v) is 5.05. The van der Waals surface area contributed by atoms with Crippen molar-refractivity contribution in [2.45, 2.75) is 39.8 Å². The van der Waals surface area contributed by atoms with E-state index in [0.29, 0.717) is 45.4 Å². The molecule has 0 unspecified atom stereocenters. The van der Waals surface area contributed by atoms with Gasteiger partial charge < -0.3 is 18.9 Å². The number of hydrogen-bond donors (Lipinski definition) is 0. The second-order valence-electron chi connectivity index (χ2n) is 8.45. The molecule has 3 aromatic rings. The maximum atomic E-state index is 13.8. The van der Waals surface area contributed by atoms with Crippen molar-refractivity contribution in [2.75, 3.05) is 20.3 Å². The SMILES string of the molecule is CCOc1ccc([C@H]2C(C(=O)OC)=CN=c3s/c(=C/c4ccccc4OC(C)C)c(=O)n32)cc1OCC. The van der Waals surface area contributed by atoms with Gasteiger partial charge in [0.05, 0.1) is 42.6 Å². The summed E-state index contributed by atoms with van der Waals surface area (Å²) in [4.78, 5) is 31.4. The minimum absolute atomic E-state index is 0.0161. The zero-order chi connectivity index (χ0) is 26.5. The van der Waals surface area contributed by atoms with E-state index in [1.165, 1.54) is 29.2 Å². The van der Waals surface area contributed by atoms with E-state index in [1.807, 2.05) is 58.0 Å². The van der Waals surface area contributed by atoms with Crippen LogP contribution in [0.15, 0.2) is 64.0 Å². The summed E-state index contributed by atoms with van der Waals surface area (Å²) >= 11 is 1.25. The Morgan fingerprint density at radius 2 is 1.81 bits per heavy atom. The molecule has 0 fully saturated rings. The van der Waals surface area contributed by atoms with Gasteiger partial charge in [-0.15, -0.1) is 0 Å². The first-order valence-corrected chi connectivity index (χ1v) is 12.9. The van der Waals surface area contributed by atoms with Gasteiger partial charge in [0.1, 0.15) is 5.75 Å². The van der Waals surface area contributed by atoms with Gasteiger partial charge in [0.15, 0.2) is 16.3 Å². The predicted octanol–water partition coefficient (Wildman–Crippen LogP) is 3.60. The Morgan fingerprint density at radius 1 is 1.08 bits per heavy atom. The van der Waals surface area contributed by atoms with Gasteiger partial charge in [-0.1, -0.05) is 35.6 Å². The lowest BCUT2D eigenvalue weighted by Crippen LogP contribution is -2.39. The van der Waals surface area contributed by atoms with Gasteiger partial charge in [-0.3, -0.25) is 9.36 Å². The summed E-state index contributed by atoms with van der Waals surface area (Å²) < 4.78 is 24.5. The number of carbonyl (C=O) groups excluding carboxylic acids is 1. The fourth-order valence-electron chi connectivity index (χ4n) is 4.09. The van der Waals surface area contributed by atoms with E-state index >= 15 is 0 Å². The second kappa shape index (κ2) is 11.5. The van der Waals surface area contributed by atoms with E-state index in [4.69, 9.17) is 18.9 Å². The topological polar surface area (TPSA) is 88.4 Å². The van der Waals surface area contributed by atoms with Gasteiger partial charge in [-0.05, 0) is 57.5 Å². The largest absolute Gasteiger partial charge is 0.490 e. The van der Waals surface area contributed by atoms with Crippen LogP contribution in [0.3, 0.4) is 0 Å². The van der Waals surface area contributed by atoms with E-state index in [1.54, 1.807) is 18.2 Å². The average Bonchev–Trinajstić information content (AvgIpc) is 3.20. The molecule has 8 nitrogen and oxygen atoms in total. The van der Waals surface area contributed by atoms with E-state index < -0.39 is 12.0 Å². The maximum Gasteiger partial charge on any atom is 0.337 e. The monoisotopic (exact) mass is 522 g/mol. The zero-order valence-electron chi connectivity index (χ0n) is 21.5. The highest BCUT2D eigenvalue weighted by molar-refractivity contribution is 7.07. The van der Waals surface area contributed by atoms with Gasteiger partial charge >= 0.3 is 5.97 Å². The van der Waals surface area contributed by atoms with E-state index in [-0.39, 0.29) is 17.2 Å². The van der Waals surface area contributed by atoms with Gasteiger partial charge in [0.25, 0.3) is 5.56 Å². The minimum Gasteiger partial charge on any atom is -0.490 e. The van der Waals surface area contributed by atoms with Crippen LogP contribution in [0.2, 0.25) is 0 Å². The Labute approximate surface area is 219 Å². The van der Waals surface area contributed by atoms with Crippen molar-refractivity contribution in [3.63, 3.8) is 0 Å². The number of rotatable bonds is 9. The van der Waals surface area contributed by atoms with Crippen LogP contribution in [0, 0.1) is 0 Å². The lowest BCUT2D eigenvalue weighted by molar-refractivity contribution is -0.136. The van der Waals surface area contributed by atoms with E-state index in [0.717, 1.165) is 5.56 Å². The van der Waals surface area contributed by atoms with Gasteiger partial charge in [0.2, 0.25) is 0 Å². The van der Waals surface area contributed by atoms with Crippen molar-refractivity contribution < 1.29 is 23.7 Å². The maximum absolute atomic E-state index is 13.8. The zero-order valence-corrected chi connectivity index (χ0v) is 22.3. The molecule has 1 atom stereocenters. The quantitative estimate of drug-likeness (QED) is 0.399. The number of nitrogens with zero attached hydrogens (tertiary/aromatic N) is 2. The van der Waals surface area contributed by atoms with Crippen LogP contribution >= 0.6 is 11.3 Å². The van der Waals surface area contributed by atoms with Crippen LogP contribution in [0.25, 0.3) is 6.08 Å². The molecule has 0 aliphatic carbocycles. The summed E-state index contributed by atoms with van der Waals surface area (Å²) in [7, 11) is 1.31. The highest BCUT2D eigenvalue weighted by Gasteiger charge is 2.31. The van der Waals surface area contributed by atoms with E-state index in [2.05, 4.69) is 4.99 Å². The summed E-state index contributed by atoms with van der Waals surface area (Å²) in [6.45, 7) is 8.59. The molecule has 37 heavy (non-hydrogen) atoms. The summed E-state index contributed by atoms with van der Waals surface area (Å²) in [6.07, 6.45) is 3.25. The normalized spacial score (nSPS) is 15.0. The third-order valence-electron chi connectivity index (χ3n) is 5.58. The molecule has 2 heterocycles. The molecular weight excluding hydrogens is 492 g/mol. The highest BCUT2D eigenvalue weighted by atomic mass is 32.1. The van der Waals surface area contributed by atoms with E-state index in [9.17, 15) is 9.59 Å². The molecule has 1 aliphatic heterocycles. The van der Waals surface area contributed by atoms with Gasteiger partial charge in [0, 0.05) is 11.8 Å². The molecule has 194 valence electrons. The van der Waals surface area contributed by atoms with Crippen LogP contribution in [0.5, 0.6) is 17.2 Å². The van der Waals surface area contributed by atoms with Crippen LogP contribution in [-0.2, 0) is 9.53 Å². The summed E-state index contributed by atoms with van der Waals surface area (Å²) in [5.74, 6) is 1.24. The lowest BCUT2D eigenvalue weighted by atomic mass is 9.97. The first kappa shape index (κ1) is 26.2. The number of methoxy groups -OCH3 is 1. The molecular formula is C28H30N2O6S. The molecule has 1 aliphatic rings. The number of ether oxygens (including phenoxy) is 4. The molecule has 0 radical (unpaired) electrons. The van der Waals surface area contributed by atoms with Crippen molar-refractivity contribution in [3.05, 3.63) is 85.1 Å². The first-order chi connectivity index (χ1) is 17.9. The van der Waals surface area contributed by atoms with Crippen molar-refractivity contribution in [1.82, 2.24) is 4.57 Å². The Morgan fingerprint density at radius 3 is 2.51 bits per heavy atom. The Balaban J connectivity index is 1.90. The Bertz CT molecular complexity index is 1500. The number of fused-ring (bicyclic) bond motifs is 1. The van der Waals surface area contributed by atoms with Crippen LogP contribution in [0.4, 0.5) is 0 Å². The molecule has 0 amide bonds. The predicted molar refractivity (Wildman–Crippen MR) is 142 cm³/mol. The molecule has 4 rings (SSSR count). The lowest BCUT2D eigenvalue weighted by Gasteiger charge is -2.23. The fraction of sp³-hybridized carbons (Fsp3) is 0.321. The molecule has 9 heteroatoms. The smallest absolute Gasteiger partial charge is 0.337 e. The number of hydrogen-bond acceptors (Lipinski definition) is 8. The number of thiazole rings is 1. The number of aromatic nitrogens is 1. The van der Waals surface area contributed by atoms with Crippen LogP contribution in [-0.4, -0.2) is 37.0 Å². The number of carbonyl (C=O) groups is 1. The third-order valence-corrected chi connectivity index (χ3v) is 6.57. The minimum atomic E-state index is -0.747. The second-order valence-corrected chi connectivity index (χ2v) is 9.46. The molecule has 0 saturated heterocycles. The Hall–Kier alpha value is -3.85. The highest BCUT2D eigenvalue weighted by Crippen LogP contribution is 2.35. The third kappa shape index (κ3) is 5.46. The van der Waals surface area contributed by atoms with Gasteiger partial charge in [-0.2, -0.15) is 0 Å². The standard InChI is InChI=1S/C28H30N2O6S/c1-6-34-22-13-12-19(14-23(22)35-7-2)25-20(27(32)33-5)16-29-28-30(25)26(31)24(37-28)15-18-10-8-9-11-21(18)36-17(3)4/h8-17,25H,6-7H2,1-5H3/b24-15+/t25-/m0/s1. The molecule has 0 saturated carbocycles. The summed E-state index contributed by atoms with van der Waals surface area (Å²) in [6, 6.07) is 12.2. The number of esters is 1. The van der Waals surface area contributed by atoms with Crippen molar-refractivity contribution in [3.8, 4) is 17.2 Å². The first-order valence-electron chi connectivity index (χ1n) is 12.1. The van der Waals surface area contributed by atoms with Crippen LogP contribution in [0.1, 0.15) is 44.9 Å². The molecule has 1 aromatic heterocycles. The molecule has 2 aromatic carbocycles.